The summed E-state index contributed by atoms with van der Waals surface area (Å²) in [6, 6.07) is 3.82. The molecule has 1 aliphatic heterocycles. The molecule has 0 atom stereocenters. The number of rotatable bonds is 0. The van der Waals surface area contributed by atoms with Crippen molar-refractivity contribution < 1.29 is 9.47 Å². The zero-order chi connectivity index (χ0) is 8.55. The average molecular weight is 165 g/mol. The third kappa shape index (κ3) is 0.978. The number of hydrogen-bond donors (Lipinski definition) is 1. The summed E-state index contributed by atoms with van der Waals surface area (Å²) in [6.07, 6.45) is 0. The summed E-state index contributed by atoms with van der Waals surface area (Å²) in [4.78, 5) is 0. The van der Waals surface area contributed by atoms with Gasteiger partial charge in [0.05, 0.1) is 5.69 Å². The molecule has 0 aliphatic carbocycles. The van der Waals surface area contributed by atoms with Crippen molar-refractivity contribution in [3.63, 3.8) is 0 Å². The molecule has 0 aromatic heterocycles. The van der Waals surface area contributed by atoms with Crippen molar-refractivity contribution in [1.82, 2.24) is 0 Å². The van der Waals surface area contributed by atoms with Crippen LogP contribution in [0.3, 0.4) is 0 Å². The van der Waals surface area contributed by atoms with E-state index in [0.29, 0.717) is 24.7 Å². The molecule has 2 N–H and O–H groups in total. The summed E-state index contributed by atoms with van der Waals surface area (Å²) in [5.41, 5.74) is 7.51. The summed E-state index contributed by atoms with van der Waals surface area (Å²) < 4.78 is 10.7. The highest BCUT2D eigenvalue weighted by atomic mass is 16.6. The van der Waals surface area contributed by atoms with Gasteiger partial charge in [0, 0.05) is 0 Å². The number of benzene rings is 1. The van der Waals surface area contributed by atoms with Gasteiger partial charge < -0.3 is 15.2 Å². The first-order valence-corrected chi connectivity index (χ1v) is 3.93. The van der Waals surface area contributed by atoms with Crippen LogP contribution in [0.1, 0.15) is 5.56 Å². The third-order valence-electron chi connectivity index (χ3n) is 1.97. The normalized spacial score (nSPS) is 14.4. The molecular weight excluding hydrogens is 154 g/mol. The molecule has 0 saturated heterocycles. The van der Waals surface area contributed by atoms with E-state index in [1.165, 1.54) is 0 Å². The average Bonchev–Trinajstić information content (AvgIpc) is 2.12. The van der Waals surface area contributed by atoms with Gasteiger partial charge in [0.2, 0.25) is 0 Å². The number of aryl methyl sites for hydroxylation is 1. The van der Waals surface area contributed by atoms with Crippen LogP contribution in [0.25, 0.3) is 0 Å². The fourth-order valence-electron chi connectivity index (χ4n) is 1.24. The Morgan fingerprint density at radius 1 is 1.25 bits per heavy atom. The molecule has 3 nitrogen and oxygen atoms in total. The summed E-state index contributed by atoms with van der Waals surface area (Å²) in [5.74, 6) is 1.45. The van der Waals surface area contributed by atoms with Gasteiger partial charge in [-0.3, -0.25) is 0 Å². The molecule has 1 aliphatic rings. The van der Waals surface area contributed by atoms with Crippen molar-refractivity contribution in [3.05, 3.63) is 17.7 Å². The fourth-order valence-corrected chi connectivity index (χ4v) is 1.24. The summed E-state index contributed by atoms with van der Waals surface area (Å²) in [5, 5.41) is 0. The summed E-state index contributed by atoms with van der Waals surface area (Å²) >= 11 is 0. The van der Waals surface area contributed by atoms with Gasteiger partial charge in [-0.05, 0) is 18.6 Å². The lowest BCUT2D eigenvalue weighted by atomic mass is 10.1. The smallest absolute Gasteiger partial charge is 0.184 e. The largest absolute Gasteiger partial charge is 0.486 e. The van der Waals surface area contributed by atoms with Crippen molar-refractivity contribution in [3.8, 4) is 11.5 Å². The monoisotopic (exact) mass is 165 g/mol. The van der Waals surface area contributed by atoms with Crippen molar-refractivity contribution >= 4 is 5.69 Å². The maximum absolute atomic E-state index is 5.80. The Morgan fingerprint density at radius 2 is 2.00 bits per heavy atom. The molecule has 0 radical (unpaired) electrons. The highest BCUT2D eigenvalue weighted by Gasteiger charge is 2.15. The van der Waals surface area contributed by atoms with Crippen LogP contribution in [0.2, 0.25) is 0 Å². The lowest BCUT2D eigenvalue weighted by Gasteiger charge is -2.20. The van der Waals surface area contributed by atoms with Gasteiger partial charge in [0.1, 0.15) is 13.2 Å². The van der Waals surface area contributed by atoms with Crippen molar-refractivity contribution in [2.75, 3.05) is 18.9 Å². The molecule has 1 aromatic rings. The topological polar surface area (TPSA) is 44.5 Å². The van der Waals surface area contributed by atoms with Crippen molar-refractivity contribution in [2.24, 2.45) is 0 Å². The van der Waals surface area contributed by atoms with Crippen LogP contribution in [-0.4, -0.2) is 13.2 Å². The molecule has 0 spiro atoms. The van der Waals surface area contributed by atoms with Crippen molar-refractivity contribution in [2.45, 2.75) is 6.92 Å². The zero-order valence-corrected chi connectivity index (χ0v) is 6.96. The quantitative estimate of drug-likeness (QED) is 0.590. The Bertz CT molecular complexity index is 310. The fraction of sp³-hybridized carbons (Fsp3) is 0.333. The van der Waals surface area contributed by atoms with E-state index in [1.54, 1.807) is 0 Å². The van der Waals surface area contributed by atoms with Crippen LogP contribution in [0.15, 0.2) is 12.1 Å². The molecule has 64 valence electrons. The van der Waals surface area contributed by atoms with Gasteiger partial charge in [-0.15, -0.1) is 0 Å². The second kappa shape index (κ2) is 2.59. The molecule has 1 heterocycles. The molecule has 1 aromatic carbocycles. The Morgan fingerprint density at radius 3 is 2.83 bits per heavy atom. The number of ether oxygens (including phenoxy) is 2. The first-order chi connectivity index (χ1) is 5.79. The van der Waals surface area contributed by atoms with E-state index in [2.05, 4.69) is 0 Å². The maximum atomic E-state index is 5.80. The Balaban J connectivity index is 2.54. The minimum atomic E-state index is 0.584. The predicted molar refractivity (Wildman–Crippen MR) is 46.6 cm³/mol. The number of nitrogens with two attached hydrogens (primary N) is 1. The van der Waals surface area contributed by atoms with Crippen molar-refractivity contribution in [1.29, 1.82) is 0 Å². The molecule has 2 rings (SSSR count). The van der Waals surface area contributed by atoms with Gasteiger partial charge in [0.25, 0.3) is 0 Å². The van der Waals surface area contributed by atoms with E-state index < -0.39 is 0 Å². The van der Waals surface area contributed by atoms with Gasteiger partial charge >= 0.3 is 0 Å². The zero-order valence-electron chi connectivity index (χ0n) is 6.96. The van der Waals surface area contributed by atoms with Crippen LogP contribution in [0.4, 0.5) is 5.69 Å². The summed E-state index contributed by atoms with van der Waals surface area (Å²) in [7, 11) is 0. The number of anilines is 1. The third-order valence-corrected chi connectivity index (χ3v) is 1.97. The van der Waals surface area contributed by atoms with E-state index >= 15 is 0 Å². The Hall–Kier alpha value is -1.38. The standard InChI is InChI=1S/C9H11NO2/c1-6-2-3-7-9(8(6)10)12-5-4-11-7/h2-3H,4-5,10H2,1H3. The number of nitrogen functional groups attached to an aromatic ring is 1. The number of hydrogen-bond acceptors (Lipinski definition) is 3. The first kappa shape index (κ1) is 7.28. The number of fused-ring (bicyclic) bond motifs is 1. The minimum absolute atomic E-state index is 0.584. The van der Waals surface area contributed by atoms with E-state index in [1.807, 2.05) is 19.1 Å². The molecule has 0 fully saturated rings. The Labute approximate surface area is 71.1 Å². The minimum Gasteiger partial charge on any atom is -0.486 e. The molecular formula is C9H11NO2. The lowest BCUT2D eigenvalue weighted by molar-refractivity contribution is 0.172. The van der Waals surface area contributed by atoms with Crippen LogP contribution < -0.4 is 15.2 Å². The first-order valence-electron chi connectivity index (χ1n) is 3.93. The second-order valence-electron chi connectivity index (χ2n) is 2.82. The van der Waals surface area contributed by atoms with Gasteiger partial charge in [-0.2, -0.15) is 0 Å². The predicted octanol–water partition coefficient (Wildman–Crippen LogP) is 1.35. The van der Waals surface area contributed by atoms with E-state index in [0.717, 1.165) is 11.3 Å². The lowest BCUT2D eigenvalue weighted by Crippen LogP contribution is -2.16. The SMILES string of the molecule is Cc1ccc2c(c1N)OCCO2. The van der Waals surface area contributed by atoms with E-state index in [4.69, 9.17) is 15.2 Å². The maximum Gasteiger partial charge on any atom is 0.184 e. The van der Waals surface area contributed by atoms with E-state index in [-0.39, 0.29) is 0 Å². The van der Waals surface area contributed by atoms with Crippen LogP contribution >= 0.6 is 0 Å². The van der Waals surface area contributed by atoms with Gasteiger partial charge in [-0.25, -0.2) is 0 Å². The second-order valence-corrected chi connectivity index (χ2v) is 2.82. The van der Waals surface area contributed by atoms with E-state index in [9.17, 15) is 0 Å². The molecule has 0 unspecified atom stereocenters. The Kier molecular flexibility index (Phi) is 1.57. The molecule has 12 heavy (non-hydrogen) atoms. The molecule has 0 bridgehead atoms. The van der Waals surface area contributed by atoms with Gasteiger partial charge in [0.15, 0.2) is 11.5 Å². The molecule has 0 amide bonds. The van der Waals surface area contributed by atoms with Crippen LogP contribution in [-0.2, 0) is 0 Å². The van der Waals surface area contributed by atoms with Gasteiger partial charge in [-0.1, -0.05) is 6.07 Å². The summed E-state index contributed by atoms with van der Waals surface area (Å²) in [6.45, 7) is 3.14. The molecule has 0 saturated carbocycles. The highest BCUT2D eigenvalue weighted by Crippen LogP contribution is 2.37. The van der Waals surface area contributed by atoms with Crippen LogP contribution in [0, 0.1) is 6.92 Å². The highest BCUT2D eigenvalue weighted by molar-refractivity contribution is 5.64. The van der Waals surface area contributed by atoms with Crippen LogP contribution in [0.5, 0.6) is 11.5 Å². The molecule has 3 heteroatoms.